The zero-order chi connectivity index (χ0) is 11.3. The van der Waals surface area contributed by atoms with E-state index in [2.05, 4.69) is 31.4 Å². The van der Waals surface area contributed by atoms with Crippen molar-refractivity contribution in [3.05, 3.63) is 0 Å². The van der Waals surface area contributed by atoms with E-state index in [9.17, 15) is 0 Å². The molecule has 2 atom stereocenters. The molecule has 1 aliphatic rings. The molecule has 88 valence electrons. The molecule has 15 heavy (non-hydrogen) atoms. The van der Waals surface area contributed by atoms with Crippen LogP contribution in [0.4, 0.5) is 0 Å². The zero-order valence-electron chi connectivity index (χ0n) is 10.2. The first-order chi connectivity index (χ1) is 7.09. The van der Waals surface area contributed by atoms with Crippen LogP contribution in [-0.4, -0.2) is 17.7 Å². The molecule has 0 radical (unpaired) electrons. The van der Waals surface area contributed by atoms with Crippen LogP contribution in [-0.2, 0) is 0 Å². The predicted molar refractivity (Wildman–Crippen MR) is 70.0 cm³/mol. The minimum absolute atomic E-state index is 0.425. The van der Waals surface area contributed by atoms with E-state index in [1.807, 2.05) is 0 Å². The SMILES string of the molecule is CC(C)NC(=S)NCC1CCCCC1C. The van der Waals surface area contributed by atoms with E-state index >= 15 is 0 Å². The highest BCUT2D eigenvalue weighted by molar-refractivity contribution is 7.80. The second-order valence-electron chi connectivity index (χ2n) is 5.03. The summed E-state index contributed by atoms with van der Waals surface area (Å²) in [6.45, 7) is 7.62. The fourth-order valence-corrected chi connectivity index (χ4v) is 2.55. The van der Waals surface area contributed by atoms with Gasteiger partial charge in [0.15, 0.2) is 5.11 Å². The summed E-state index contributed by atoms with van der Waals surface area (Å²) < 4.78 is 0. The fourth-order valence-electron chi connectivity index (χ4n) is 2.23. The second kappa shape index (κ2) is 6.31. The maximum absolute atomic E-state index is 5.22. The van der Waals surface area contributed by atoms with Crippen molar-refractivity contribution in [2.75, 3.05) is 6.54 Å². The Hall–Kier alpha value is -0.310. The van der Waals surface area contributed by atoms with Gasteiger partial charge in [-0.15, -0.1) is 0 Å². The summed E-state index contributed by atoms with van der Waals surface area (Å²) in [4.78, 5) is 0. The molecule has 0 saturated heterocycles. The minimum atomic E-state index is 0.425. The van der Waals surface area contributed by atoms with Crippen LogP contribution in [0.2, 0.25) is 0 Å². The Bertz CT molecular complexity index is 204. The van der Waals surface area contributed by atoms with Crippen molar-refractivity contribution in [2.45, 2.75) is 52.5 Å². The molecular formula is C12H24N2S. The van der Waals surface area contributed by atoms with Crippen molar-refractivity contribution < 1.29 is 0 Å². The number of nitrogens with one attached hydrogen (secondary N) is 2. The van der Waals surface area contributed by atoms with Crippen LogP contribution in [0.3, 0.4) is 0 Å². The van der Waals surface area contributed by atoms with Crippen molar-refractivity contribution >= 4 is 17.3 Å². The molecule has 0 aliphatic heterocycles. The summed E-state index contributed by atoms with van der Waals surface area (Å²) in [5, 5.41) is 7.36. The van der Waals surface area contributed by atoms with E-state index in [4.69, 9.17) is 12.2 Å². The lowest BCUT2D eigenvalue weighted by atomic mass is 9.80. The molecule has 1 saturated carbocycles. The smallest absolute Gasteiger partial charge is 0.166 e. The molecule has 1 rings (SSSR count). The van der Waals surface area contributed by atoms with E-state index < -0.39 is 0 Å². The Balaban J connectivity index is 2.20. The molecule has 3 heteroatoms. The Morgan fingerprint density at radius 3 is 2.60 bits per heavy atom. The van der Waals surface area contributed by atoms with Gasteiger partial charge < -0.3 is 10.6 Å². The first-order valence-electron chi connectivity index (χ1n) is 6.14. The average molecular weight is 228 g/mol. The maximum Gasteiger partial charge on any atom is 0.166 e. The molecule has 1 fully saturated rings. The van der Waals surface area contributed by atoms with Crippen molar-refractivity contribution in [2.24, 2.45) is 11.8 Å². The number of thiocarbonyl (C=S) groups is 1. The van der Waals surface area contributed by atoms with Gasteiger partial charge in [0, 0.05) is 12.6 Å². The standard InChI is InChI=1S/C12H24N2S/c1-9(2)14-12(15)13-8-11-7-5-4-6-10(11)3/h9-11H,4-8H2,1-3H3,(H2,13,14,15). The Labute approximate surface area is 99.2 Å². The van der Waals surface area contributed by atoms with E-state index in [-0.39, 0.29) is 0 Å². The van der Waals surface area contributed by atoms with E-state index in [1.165, 1.54) is 25.7 Å². The van der Waals surface area contributed by atoms with E-state index in [0.29, 0.717) is 6.04 Å². The van der Waals surface area contributed by atoms with Gasteiger partial charge in [-0.3, -0.25) is 0 Å². The Morgan fingerprint density at radius 1 is 1.33 bits per heavy atom. The third kappa shape index (κ3) is 4.83. The van der Waals surface area contributed by atoms with Crippen molar-refractivity contribution in [3.63, 3.8) is 0 Å². The topological polar surface area (TPSA) is 24.1 Å². The summed E-state index contributed by atoms with van der Waals surface area (Å²) >= 11 is 5.22. The summed E-state index contributed by atoms with van der Waals surface area (Å²) in [6, 6.07) is 0.425. The summed E-state index contributed by atoms with van der Waals surface area (Å²) in [7, 11) is 0. The van der Waals surface area contributed by atoms with Crippen LogP contribution < -0.4 is 10.6 Å². The molecule has 0 aromatic heterocycles. The van der Waals surface area contributed by atoms with Crippen LogP contribution in [0.1, 0.15) is 46.5 Å². The lowest BCUT2D eigenvalue weighted by molar-refractivity contribution is 0.256. The number of rotatable bonds is 3. The van der Waals surface area contributed by atoms with Gasteiger partial charge in [0.25, 0.3) is 0 Å². The van der Waals surface area contributed by atoms with Gasteiger partial charge in [0.2, 0.25) is 0 Å². The lowest BCUT2D eigenvalue weighted by Crippen LogP contribution is -2.42. The van der Waals surface area contributed by atoms with Gasteiger partial charge in [-0.1, -0.05) is 26.2 Å². The molecule has 0 amide bonds. The summed E-state index contributed by atoms with van der Waals surface area (Å²) in [5.74, 6) is 1.67. The molecular weight excluding hydrogens is 204 g/mol. The quantitative estimate of drug-likeness (QED) is 0.726. The Kier molecular flexibility index (Phi) is 5.37. The summed E-state index contributed by atoms with van der Waals surface area (Å²) in [6.07, 6.45) is 5.54. The monoisotopic (exact) mass is 228 g/mol. The number of hydrogen-bond acceptors (Lipinski definition) is 1. The van der Waals surface area contributed by atoms with Crippen LogP contribution in [0.5, 0.6) is 0 Å². The van der Waals surface area contributed by atoms with Gasteiger partial charge in [-0.2, -0.15) is 0 Å². The third-order valence-electron chi connectivity index (χ3n) is 3.23. The van der Waals surface area contributed by atoms with Crippen LogP contribution in [0.15, 0.2) is 0 Å². The Morgan fingerprint density at radius 2 is 2.00 bits per heavy atom. The normalized spacial score (nSPS) is 26.4. The highest BCUT2D eigenvalue weighted by atomic mass is 32.1. The fraction of sp³-hybridized carbons (Fsp3) is 0.917. The van der Waals surface area contributed by atoms with Crippen molar-refractivity contribution in [3.8, 4) is 0 Å². The molecule has 0 heterocycles. The predicted octanol–water partition coefficient (Wildman–Crippen LogP) is 2.69. The van der Waals surface area contributed by atoms with Crippen molar-refractivity contribution in [1.82, 2.24) is 10.6 Å². The first kappa shape index (κ1) is 12.8. The average Bonchev–Trinajstić information content (AvgIpc) is 2.15. The van der Waals surface area contributed by atoms with Crippen LogP contribution in [0.25, 0.3) is 0 Å². The molecule has 2 nitrogen and oxygen atoms in total. The molecule has 2 unspecified atom stereocenters. The first-order valence-corrected chi connectivity index (χ1v) is 6.54. The molecule has 0 aromatic rings. The minimum Gasteiger partial charge on any atom is -0.362 e. The maximum atomic E-state index is 5.22. The summed E-state index contributed by atoms with van der Waals surface area (Å²) in [5.41, 5.74) is 0. The highest BCUT2D eigenvalue weighted by Gasteiger charge is 2.20. The van der Waals surface area contributed by atoms with Gasteiger partial charge in [-0.25, -0.2) is 0 Å². The lowest BCUT2D eigenvalue weighted by Gasteiger charge is -2.29. The third-order valence-corrected chi connectivity index (χ3v) is 3.50. The number of hydrogen-bond donors (Lipinski definition) is 2. The molecule has 0 spiro atoms. The van der Waals surface area contributed by atoms with Gasteiger partial charge in [-0.05, 0) is 44.3 Å². The van der Waals surface area contributed by atoms with Gasteiger partial charge in [0.05, 0.1) is 0 Å². The largest absolute Gasteiger partial charge is 0.362 e. The van der Waals surface area contributed by atoms with Crippen LogP contribution >= 0.6 is 12.2 Å². The van der Waals surface area contributed by atoms with E-state index in [1.54, 1.807) is 0 Å². The van der Waals surface area contributed by atoms with Gasteiger partial charge in [0.1, 0.15) is 0 Å². The van der Waals surface area contributed by atoms with Crippen molar-refractivity contribution in [1.29, 1.82) is 0 Å². The second-order valence-corrected chi connectivity index (χ2v) is 5.44. The molecule has 2 N–H and O–H groups in total. The molecule has 1 aliphatic carbocycles. The van der Waals surface area contributed by atoms with E-state index in [0.717, 1.165) is 23.5 Å². The molecule has 0 aromatic carbocycles. The van der Waals surface area contributed by atoms with Crippen LogP contribution in [0, 0.1) is 11.8 Å². The molecule has 0 bridgehead atoms. The zero-order valence-corrected chi connectivity index (χ0v) is 11.0. The van der Waals surface area contributed by atoms with Gasteiger partial charge >= 0.3 is 0 Å². The highest BCUT2D eigenvalue weighted by Crippen LogP contribution is 2.28.